The van der Waals surface area contributed by atoms with Gasteiger partial charge in [0.2, 0.25) is 0 Å². The average molecular weight is 258 g/mol. The van der Waals surface area contributed by atoms with Crippen molar-refractivity contribution in [2.75, 3.05) is 13.1 Å². The molecule has 1 aliphatic heterocycles. The SMILES string of the molecule is CC(C)(C#N)CCCNCC1Cc2ccccc2O1. The van der Waals surface area contributed by atoms with Crippen molar-refractivity contribution in [1.82, 2.24) is 5.32 Å². The molecule has 0 fully saturated rings. The van der Waals surface area contributed by atoms with Crippen LogP contribution in [0.3, 0.4) is 0 Å². The van der Waals surface area contributed by atoms with Gasteiger partial charge in [0.1, 0.15) is 11.9 Å². The molecule has 102 valence electrons. The first-order valence-corrected chi connectivity index (χ1v) is 6.97. The maximum absolute atomic E-state index is 8.93. The van der Waals surface area contributed by atoms with E-state index in [1.54, 1.807) is 0 Å². The predicted octanol–water partition coefficient (Wildman–Crippen LogP) is 2.91. The second-order valence-electron chi connectivity index (χ2n) is 5.86. The molecule has 3 heteroatoms. The lowest BCUT2D eigenvalue weighted by molar-refractivity contribution is 0.227. The smallest absolute Gasteiger partial charge is 0.123 e. The monoisotopic (exact) mass is 258 g/mol. The summed E-state index contributed by atoms with van der Waals surface area (Å²) in [7, 11) is 0. The fourth-order valence-corrected chi connectivity index (χ4v) is 2.34. The largest absolute Gasteiger partial charge is 0.488 e. The number of rotatable bonds is 6. The summed E-state index contributed by atoms with van der Waals surface area (Å²) in [5.74, 6) is 1.03. The van der Waals surface area contributed by atoms with Crippen LogP contribution < -0.4 is 10.1 Å². The Labute approximate surface area is 115 Å². The summed E-state index contributed by atoms with van der Waals surface area (Å²) < 4.78 is 5.86. The van der Waals surface area contributed by atoms with Crippen molar-refractivity contribution in [1.29, 1.82) is 5.26 Å². The van der Waals surface area contributed by atoms with Gasteiger partial charge in [-0.25, -0.2) is 0 Å². The molecule has 1 atom stereocenters. The maximum Gasteiger partial charge on any atom is 0.123 e. The van der Waals surface area contributed by atoms with E-state index in [9.17, 15) is 0 Å². The molecule has 0 amide bonds. The molecular formula is C16H22N2O. The Bertz CT molecular complexity index is 437. The van der Waals surface area contributed by atoms with E-state index in [-0.39, 0.29) is 11.5 Å². The Kier molecular flexibility index (Phi) is 4.44. The van der Waals surface area contributed by atoms with Crippen molar-refractivity contribution in [2.45, 2.75) is 39.2 Å². The molecule has 1 N–H and O–H groups in total. The third-order valence-electron chi connectivity index (χ3n) is 3.54. The first-order valence-electron chi connectivity index (χ1n) is 6.97. The first kappa shape index (κ1) is 13.9. The quantitative estimate of drug-likeness (QED) is 0.798. The number of nitriles is 1. The van der Waals surface area contributed by atoms with Crippen LogP contribution in [0.25, 0.3) is 0 Å². The zero-order valence-corrected chi connectivity index (χ0v) is 11.8. The van der Waals surface area contributed by atoms with Crippen LogP contribution in [-0.2, 0) is 6.42 Å². The number of fused-ring (bicyclic) bond motifs is 1. The number of para-hydroxylation sites is 1. The van der Waals surface area contributed by atoms with Crippen LogP contribution in [0.2, 0.25) is 0 Å². The zero-order valence-electron chi connectivity index (χ0n) is 11.8. The Hall–Kier alpha value is -1.53. The number of nitrogens with one attached hydrogen (secondary N) is 1. The summed E-state index contributed by atoms with van der Waals surface area (Å²) >= 11 is 0. The standard InChI is InChI=1S/C16H22N2O/c1-16(2,12-17)8-5-9-18-11-14-10-13-6-3-4-7-15(13)19-14/h3-4,6-7,14,18H,5,8-11H2,1-2H3. The van der Waals surface area contributed by atoms with Crippen molar-refractivity contribution >= 4 is 0 Å². The lowest BCUT2D eigenvalue weighted by atomic mass is 9.90. The van der Waals surface area contributed by atoms with E-state index in [2.05, 4.69) is 23.5 Å². The van der Waals surface area contributed by atoms with Crippen LogP contribution >= 0.6 is 0 Å². The van der Waals surface area contributed by atoms with Crippen LogP contribution in [0, 0.1) is 16.7 Å². The number of hydrogen-bond acceptors (Lipinski definition) is 3. The van der Waals surface area contributed by atoms with E-state index in [0.29, 0.717) is 0 Å². The Morgan fingerprint density at radius 1 is 1.42 bits per heavy atom. The van der Waals surface area contributed by atoms with Crippen molar-refractivity contribution in [3.05, 3.63) is 29.8 Å². The van der Waals surface area contributed by atoms with Crippen LogP contribution in [-0.4, -0.2) is 19.2 Å². The topological polar surface area (TPSA) is 45.0 Å². The fraction of sp³-hybridized carbons (Fsp3) is 0.562. The van der Waals surface area contributed by atoms with Crippen LogP contribution in [0.5, 0.6) is 5.75 Å². The summed E-state index contributed by atoms with van der Waals surface area (Å²) in [4.78, 5) is 0. The highest BCUT2D eigenvalue weighted by atomic mass is 16.5. The highest BCUT2D eigenvalue weighted by Gasteiger charge is 2.21. The molecule has 0 bridgehead atoms. The molecule has 1 aromatic rings. The summed E-state index contributed by atoms with van der Waals surface area (Å²) in [5.41, 5.74) is 1.10. The highest BCUT2D eigenvalue weighted by Crippen LogP contribution is 2.27. The Balaban J connectivity index is 1.63. The minimum atomic E-state index is -0.207. The van der Waals surface area contributed by atoms with E-state index in [4.69, 9.17) is 10.00 Å². The molecule has 2 rings (SSSR count). The predicted molar refractivity (Wildman–Crippen MR) is 76.1 cm³/mol. The number of nitrogens with zero attached hydrogens (tertiary/aromatic N) is 1. The number of ether oxygens (including phenoxy) is 1. The first-order chi connectivity index (χ1) is 9.11. The Morgan fingerprint density at radius 2 is 2.21 bits per heavy atom. The molecule has 0 saturated heterocycles. The molecule has 3 nitrogen and oxygen atoms in total. The van der Waals surface area contributed by atoms with Crippen molar-refractivity contribution < 1.29 is 4.74 Å². The van der Waals surface area contributed by atoms with Gasteiger partial charge in [-0.2, -0.15) is 5.26 Å². The van der Waals surface area contributed by atoms with E-state index in [1.165, 1.54) is 5.56 Å². The second kappa shape index (κ2) is 6.08. The molecule has 0 saturated carbocycles. The van der Waals surface area contributed by atoms with E-state index in [1.807, 2.05) is 26.0 Å². The lowest BCUT2D eigenvalue weighted by Gasteiger charge is -2.16. The third-order valence-corrected chi connectivity index (χ3v) is 3.54. The van der Waals surface area contributed by atoms with Gasteiger partial charge in [0.15, 0.2) is 0 Å². The summed E-state index contributed by atoms with van der Waals surface area (Å²) in [6.07, 6.45) is 3.20. The van der Waals surface area contributed by atoms with Crippen molar-refractivity contribution in [3.8, 4) is 11.8 Å². The molecule has 19 heavy (non-hydrogen) atoms. The van der Waals surface area contributed by atoms with Gasteiger partial charge >= 0.3 is 0 Å². The van der Waals surface area contributed by atoms with E-state index < -0.39 is 0 Å². The van der Waals surface area contributed by atoms with Crippen molar-refractivity contribution in [2.24, 2.45) is 5.41 Å². The molecule has 0 spiro atoms. The molecule has 0 radical (unpaired) electrons. The normalized spacial score (nSPS) is 17.6. The molecular weight excluding hydrogens is 236 g/mol. The van der Waals surface area contributed by atoms with Crippen LogP contribution in [0.15, 0.2) is 24.3 Å². The molecule has 1 aromatic carbocycles. The summed E-state index contributed by atoms with van der Waals surface area (Å²) in [6.45, 7) is 5.80. The number of hydrogen-bond donors (Lipinski definition) is 1. The van der Waals surface area contributed by atoms with E-state index >= 15 is 0 Å². The lowest BCUT2D eigenvalue weighted by Crippen LogP contribution is -2.31. The van der Waals surface area contributed by atoms with E-state index in [0.717, 1.165) is 38.1 Å². The van der Waals surface area contributed by atoms with Gasteiger partial charge in [-0.05, 0) is 44.9 Å². The van der Waals surface area contributed by atoms with Gasteiger partial charge < -0.3 is 10.1 Å². The van der Waals surface area contributed by atoms with Gasteiger partial charge in [-0.15, -0.1) is 0 Å². The minimum absolute atomic E-state index is 0.207. The third kappa shape index (κ3) is 3.97. The van der Waals surface area contributed by atoms with Gasteiger partial charge in [-0.1, -0.05) is 18.2 Å². The molecule has 1 unspecified atom stereocenters. The highest BCUT2D eigenvalue weighted by molar-refractivity contribution is 5.37. The summed E-state index contributed by atoms with van der Waals surface area (Å²) in [5, 5.41) is 12.4. The average Bonchev–Trinajstić information content (AvgIpc) is 2.81. The maximum atomic E-state index is 8.93. The van der Waals surface area contributed by atoms with Gasteiger partial charge in [0.25, 0.3) is 0 Å². The van der Waals surface area contributed by atoms with Crippen LogP contribution in [0.4, 0.5) is 0 Å². The summed E-state index contributed by atoms with van der Waals surface area (Å²) in [6, 6.07) is 10.6. The molecule has 0 aromatic heterocycles. The minimum Gasteiger partial charge on any atom is -0.488 e. The Morgan fingerprint density at radius 3 is 2.95 bits per heavy atom. The molecule has 1 heterocycles. The molecule has 1 aliphatic rings. The van der Waals surface area contributed by atoms with Gasteiger partial charge in [0, 0.05) is 13.0 Å². The second-order valence-corrected chi connectivity index (χ2v) is 5.86. The van der Waals surface area contributed by atoms with Crippen molar-refractivity contribution in [3.63, 3.8) is 0 Å². The molecule has 0 aliphatic carbocycles. The van der Waals surface area contributed by atoms with Gasteiger partial charge in [0.05, 0.1) is 11.5 Å². The van der Waals surface area contributed by atoms with Crippen LogP contribution in [0.1, 0.15) is 32.3 Å². The number of benzene rings is 1. The van der Waals surface area contributed by atoms with Gasteiger partial charge in [-0.3, -0.25) is 0 Å². The zero-order chi connectivity index (χ0) is 13.7. The fourth-order valence-electron chi connectivity index (χ4n) is 2.34.